The molecule has 4 aromatic carbocycles. The highest BCUT2D eigenvalue weighted by Crippen LogP contribution is 2.32. The molecule has 5 aromatic rings. The molecule has 0 fully saturated rings. The highest BCUT2D eigenvalue weighted by molar-refractivity contribution is 6.30. The van der Waals surface area contributed by atoms with Crippen molar-refractivity contribution in [1.82, 2.24) is 19.9 Å². The summed E-state index contributed by atoms with van der Waals surface area (Å²) in [6.07, 6.45) is 0. The van der Waals surface area contributed by atoms with Crippen LogP contribution in [0.2, 0.25) is 5.02 Å². The molecular formula is C32H30ClN5O4. The zero-order valence-electron chi connectivity index (χ0n) is 23.5. The fourth-order valence-electron chi connectivity index (χ4n) is 4.77. The number of amides is 2. The molecule has 10 heteroatoms. The van der Waals surface area contributed by atoms with Gasteiger partial charge in [-0.05, 0) is 60.0 Å². The third-order valence-electron chi connectivity index (χ3n) is 7.04. The maximum atomic E-state index is 14.2. The van der Waals surface area contributed by atoms with E-state index in [0.717, 1.165) is 16.6 Å². The number of halogens is 1. The largest absolute Gasteiger partial charge is 0.497 e. The van der Waals surface area contributed by atoms with Crippen LogP contribution in [0.1, 0.15) is 22.7 Å². The number of aromatic nitrogens is 3. The van der Waals surface area contributed by atoms with E-state index < -0.39 is 11.9 Å². The molecule has 1 atom stereocenters. The Balaban J connectivity index is 1.57. The number of hydrogen-bond donors (Lipinski definition) is 1. The van der Waals surface area contributed by atoms with E-state index in [9.17, 15) is 9.59 Å². The molecule has 2 amide bonds. The minimum atomic E-state index is -1.02. The van der Waals surface area contributed by atoms with Gasteiger partial charge in [-0.1, -0.05) is 65.3 Å². The second kappa shape index (κ2) is 12.7. The van der Waals surface area contributed by atoms with Gasteiger partial charge in [0.05, 0.1) is 25.4 Å². The van der Waals surface area contributed by atoms with Crippen LogP contribution in [0.4, 0.5) is 5.69 Å². The average molecular weight is 584 g/mol. The lowest BCUT2D eigenvalue weighted by Gasteiger charge is -2.32. The summed E-state index contributed by atoms with van der Waals surface area (Å²) >= 11 is 6.21. The minimum Gasteiger partial charge on any atom is -0.497 e. The number of anilines is 1. The smallest absolute Gasteiger partial charge is 0.251 e. The minimum absolute atomic E-state index is 0.115. The van der Waals surface area contributed by atoms with E-state index in [0.29, 0.717) is 33.3 Å². The number of carbonyl (C=O) groups is 2. The molecule has 1 heterocycles. The molecule has 0 aliphatic rings. The molecule has 0 bridgehead atoms. The number of nitrogens with one attached hydrogen (secondary N) is 1. The molecule has 9 nitrogen and oxygen atoms in total. The molecule has 0 aliphatic carbocycles. The highest BCUT2D eigenvalue weighted by atomic mass is 35.5. The van der Waals surface area contributed by atoms with Crippen molar-refractivity contribution in [1.29, 1.82) is 0 Å². The molecule has 0 spiro atoms. The van der Waals surface area contributed by atoms with Gasteiger partial charge < -0.3 is 19.7 Å². The van der Waals surface area contributed by atoms with Gasteiger partial charge >= 0.3 is 0 Å². The Morgan fingerprint density at radius 1 is 0.952 bits per heavy atom. The van der Waals surface area contributed by atoms with Crippen LogP contribution in [-0.4, -0.2) is 45.9 Å². The third kappa shape index (κ3) is 6.21. The second-order valence-corrected chi connectivity index (χ2v) is 10.1. The summed E-state index contributed by atoms with van der Waals surface area (Å²) in [5.74, 6) is 0.260. The Morgan fingerprint density at radius 3 is 2.43 bits per heavy atom. The van der Waals surface area contributed by atoms with Crippen molar-refractivity contribution in [2.45, 2.75) is 26.1 Å². The first kappa shape index (κ1) is 28.6. The normalized spacial score (nSPS) is 11.6. The van der Waals surface area contributed by atoms with E-state index >= 15 is 0 Å². The molecule has 1 aromatic heterocycles. The Hall–Kier alpha value is -4.89. The first-order valence-corrected chi connectivity index (χ1v) is 13.7. The van der Waals surface area contributed by atoms with Crippen molar-refractivity contribution in [3.63, 3.8) is 0 Å². The van der Waals surface area contributed by atoms with Gasteiger partial charge in [0.15, 0.2) is 0 Å². The third-order valence-corrected chi connectivity index (χ3v) is 7.29. The lowest BCUT2D eigenvalue weighted by atomic mass is 10.0. The van der Waals surface area contributed by atoms with E-state index in [4.69, 9.17) is 21.1 Å². The van der Waals surface area contributed by atoms with E-state index in [1.54, 1.807) is 59.2 Å². The SMILES string of the molecule is COc1ccc(NC(=O)C(c2ccc(Cl)cc2)N(Cc2ccccc2C)C(=O)Cn2nnc3ccccc32)c(OC)c1. The first-order chi connectivity index (χ1) is 20.4. The molecule has 5 rings (SSSR count). The van der Waals surface area contributed by atoms with Crippen LogP contribution in [0, 0.1) is 6.92 Å². The fraction of sp³-hybridized carbons (Fsp3) is 0.188. The van der Waals surface area contributed by atoms with Gasteiger partial charge in [-0.15, -0.1) is 5.10 Å². The lowest BCUT2D eigenvalue weighted by molar-refractivity contribution is -0.140. The number of methoxy groups -OCH3 is 2. The maximum Gasteiger partial charge on any atom is 0.251 e. The number of ether oxygens (including phenoxy) is 2. The Bertz CT molecular complexity index is 1720. The fourth-order valence-corrected chi connectivity index (χ4v) is 4.89. The molecular weight excluding hydrogens is 554 g/mol. The van der Waals surface area contributed by atoms with E-state index in [1.165, 1.54) is 7.11 Å². The number of para-hydroxylation sites is 1. The summed E-state index contributed by atoms with van der Waals surface area (Å²) in [6.45, 7) is 2.04. The second-order valence-electron chi connectivity index (χ2n) is 9.69. The van der Waals surface area contributed by atoms with Crippen molar-refractivity contribution in [3.05, 3.63) is 113 Å². The Morgan fingerprint density at radius 2 is 1.69 bits per heavy atom. The topological polar surface area (TPSA) is 98.6 Å². The Labute approximate surface area is 248 Å². The highest BCUT2D eigenvalue weighted by Gasteiger charge is 2.33. The van der Waals surface area contributed by atoms with Crippen molar-refractivity contribution < 1.29 is 19.1 Å². The van der Waals surface area contributed by atoms with Crippen LogP contribution in [0.3, 0.4) is 0 Å². The van der Waals surface area contributed by atoms with Crippen molar-refractivity contribution in [2.24, 2.45) is 0 Å². The monoisotopic (exact) mass is 583 g/mol. The summed E-state index contributed by atoms with van der Waals surface area (Å²) in [7, 11) is 3.06. The summed E-state index contributed by atoms with van der Waals surface area (Å²) in [5.41, 5.74) is 4.32. The molecule has 0 saturated carbocycles. The summed E-state index contributed by atoms with van der Waals surface area (Å²) in [6, 6.07) is 26.2. The van der Waals surface area contributed by atoms with E-state index in [-0.39, 0.29) is 19.0 Å². The summed E-state index contributed by atoms with van der Waals surface area (Å²) in [4.78, 5) is 30.0. The zero-order chi connectivity index (χ0) is 29.6. The number of fused-ring (bicyclic) bond motifs is 1. The number of rotatable bonds is 10. The number of benzene rings is 4. The number of carbonyl (C=O) groups excluding carboxylic acids is 2. The number of nitrogens with zero attached hydrogens (tertiary/aromatic N) is 4. The van der Waals surface area contributed by atoms with Gasteiger partial charge in [0.2, 0.25) is 5.91 Å². The van der Waals surface area contributed by atoms with Crippen molar-refractivity contribution in [3.8, 4) is 11.5 Å². The van der Waals surface area contributed by atoms with Gasteiger partial charge in [-0.2, -0.15) is 0 Å². The molecule has 214 valence electrons. The van der Waals surface area contributed by atoms with Crippen LogP contribution < -0.4 is 14.8 Å². The van der Waals surface area contributed by atoms with Gasteiger partial charge in [-0.25, -0.2) is 4.68 Å². The van der Waals surface area contributed by atoms with Crippen LogP contribution in [-0.2, 0) is 22.7 Å². The molecule has 0 aliphatic heterocycles. The maximum absolute atomic E-state index is 14.2. The van der Waals surface area contributed by atoms with Crippen LogP contribution in [0.15, 0.2) is 91.0 Å². The van der Waals surface area contributed by atoms with Crippen LogP contribution >= 0.6 is 11.6 Å². The van der Waals surface area contributed by atoms with Crippen LogP contribution in [0.5, 0.6) is 11.5 Å². The van der Waals surface area contributed by atoms with Gasteiger partial charge in [0, 0.05) is 17.6 Å². The quantitative estimate of drug-likeness (QED) is 0.222. The van der Waals surface area contributed by atoms with Crippen molar-refractivity contribution >= 4 is 40.1 Å². The van der Waals surface area contributed by atoms with Gasteiger partial charge in [0.25, 0.3) is 5.91 Å². The van der Waals surface area contributed by atoms with Crippen LogP contribution in [0.25, 0.3) is 11.0 Å². The van der Waals surface area contributed by atoms with E-state index in [1.807, 2.05) is 55.5 Å². The summed E-state index contributed by atoms with van der Waals surface area (Å²) in [5, 5.41) is 11.9. The summed E-state index contributed by atoms with van der Waals surface area (Å²) < 4.78 is 12.4. The van der Waals surface area contributed by atoms with Crippen molar-refractivity contribution in [2.75, 3.05) is 19.5 Å². The molecule has 0 radical (unpaired) electrons. The Kier molecular flexibility index (Phi) is 8.68. The molecule has 1 unspecified atom stereocenters. The number of aryl methyl sites for hydroxylation is 1. The predicted molar refractivity (Wildman–Crippen MR) is 162 cm³/mol. The van der Waals surface area contributed by atoms with Gasteiger partial charge in [0.1, 0.15) is 29.6 Å². The predicted octanol–water partition coefficient (Wildman–Crippen LogP) is 5.82. The first-order valence-electron chi connectivity index (χ1n) is 13.3. The average Bonchev–Trinajstić information content (AvgIpc) is 3.41. The lowest BCUT2D eigenvalue weighted by Crippen LogP contribution is -2.42. The zero-order valence-corrected chi connectivity index (χ0v) is 24.2. The van der Waals surface area contributed by atoms with E-state index in [2.05, 4.69) is 15.6 Å². The molecule has 42 heavy (non-hydrogen) atoms. The van der Waals surface area contributed by atoms with Gasteiger partial charge in [-0.3, -0.25) is 9.59 Å². The standard InChI is InChI=1S/C32H30ClN5O4/c1-21-8-4-5-9-23(21)19-37(30(39)20-38-28-11-7-6-10-26(28)35-36-38)31(22-12-14-24(33)15-13-22)32(40)34-27-17-16-25(41-2)18-29(27)42-3/h4-18,31H,19-20H2,1-3H3,(H,34,40). The molecule has 1 N–H and O–H groups in total. The molecule has 0 saturated heterocycles. The number of hydrogen-bond acceptors (Lipinski definition) is 6.